The van der Waals surface area contributed by atoms with Crippen LogP contribution in [-0.2, 0) is 4.79 Å². The van der Waals surface area contributed by atoms with Crippen molar-refractivity contribution in [2.75, 3.05) is 26.2 Å². The molecule has 31 heavy (non-hydrogen) atoms. The Labute approximate surface area is 191 Å². The van der Waals surface area contributed by atoms with Gasteiger partial charge in [-0.1, -0.05) is 29.3 Å². The molecule has 3 amide bonds. The van der Waals surface area contributed by atoms with Gasteiger partial charge >= 0.3 is 0 Å². The first-order valence-electron chi connectivity index (χ1n) is 9.86. The van der Waals surface area contributed by atoms with Gasteiger partial charge in [-0.2, -0.15) is 0 Å². The standard InChI is InChI=1S/C22H24Cl2N4O3/c1-13-3-4-15(11-14(13)2)21(30)27-9-10-28(20(27)19(29)26-8-7-25)22(31)16-5-6-17(23)18(24)12-16/h3-6,11-12,20H,7-10,25H2,1-2H3,(H,26,29). The van der Waals surface area contributed by atoms with Crippen LogP contribution in [0.25, 0.3) is 0 Å². The summed E-state index contributed by atoms with van der Waals surface area (Å²) in [5.41, 5.74) is 8.28. The number of nitrogens with one attached hydrogen (secondary N) is 1. The van der Waals surface area contributed by atoms with Gasteiger partial charge in [0.05, 0.1) is 10.0 Å². The van der Waals surface area contributed by atoms with E-state index in [1.54, 1.807) is 18.2 Å². The maximum atomic E-state index is 13.2. The average molecular weight is 463 g/mol. The third-order valence-corrected chi connectivity index (χ3v) is 6.03. The number of hydrogen-bond donors (Lipinski definition) is 2. The van der Waals surface area contributed by atoms with Crippen LogP contribution in [0.3, 0.4) is 0 Å². The summed E-state index contributed by atoms with van der Waals surface area (Å²) in [7, 11) is 0. The fourth-order valence-corrected chi connectivity index (χ4v) is 3.76. The van der Waals surface area contributed by atoms with Gasteiger partial charge in [-0.25, -0.2) is 0 Å². The van der Waals surface area contributed by atoms with E-state index in [1.165, 1.54) is 21.9 Å². The van der Waals surface area contributed by atoms with Gasteiger partial charge in [0.1, 0.15) is 0 Å². The molecule has 164 valence electrons. The number of carbonyl (C=O) groups is 3. The van der Waals surface area contributed by atoms with E-state index in [9.17, 15) is 14.4 Å². The molecule has 0 aliphatic carbocycles. The Morgan fingerprint density at radius 2 is 1.52 bits per heavy atom. The van der Waals surface area contributed by atoms with Crippen LogP contribution < -0.4 is 11.1 Å². The zero-order chi connectivity index (χ0) is 22.7. The molecule has 0 radical (unpaired) electrons. The van der Waals surface area contributed by atoms with Crippen LogP contribution in [0, 0.1) is 13.8 Å². The quantitative estimate of drug-likeness (QED) is 0.713. The minimum Gasteiger partial charge on any atom is -0.351 e. The lowest BCUT2D eigenvalue weighted by atomic mass is 10.1. The van der Waals surface area contributed by atoms with E-state index in [2.05, 4.69) is 5.32 Å². The fourth-order valence-electron chi connectivity index (χ4n) is 3.46. The fraction of sp³-hybridized carbons (Fsp3) is 0.318. The molecule has 1 saturated heterocycles. The Hall–Kier alpha value is -2.61. The summed E-state index contributed by atoms with van der Waals surface area (Å²) in [6, 6.07) is 9.89. The van der Waals surface area contributed by atoms with Crippen LogP contribution in [0.2, 0.25) is 10.0 Å². The predicted molar refractivity (Wildman–Crippen MR) is 120 cm³/mol. The van der Waals surface area contributed by atoms with Gasteiger partial charge in [-0.3, -0.25) is 14.4 Å². The number of nitrogens with zero attached hydrogens (tertiary/aromatic N) is 2. The molecule has 0 aromatic heterocycles. The molecule has 2 aromatic carbocycles. The van der Waals surface area contributed by atoms with Gasteiger partial charge in [0.2, 0.25) is 0 Å². The third kappa shape index (κ3) is 4.84. The van der Waals surface area contributed by atoms with Gasteiger partial charge < -0.3 is 20.9 Å². The van der Waals surface area contributed by atoms with Gasteiger partial charge in [0, 0.05) is 37.3 Å². The molecule has 3 N–H and O–H groups in total. The highest BCUT2D eigenvalue weighted by atomic mass is 35.5. The summed E-state index contributed by atoms with van der Waals surface area (Å²) >= 11 is 12.0. The first kappa shape index (κ1) is 23.1. The molecule has 0 saturated carbocycles. The lowest BCUT2D eigenvalue weighted by Crippen LogP contribution is -2.54. The van der Waals surface area contributed by atoms with E-state index in [0.717, 1.165) is 11.1 Å². The minimum absolute atomic E-state index is 0.205. The van der Waals surface area contributed by atoms with E-state index >= 15 is 0 Å². The Kier molecular flexibility index (Phi) is 7.20. The van der Waals surface area contributed by atoms with Gasteiger partial charge in [0.25, 0.3) is 17.7 Å². The minimum atomic E-state index is -1.09. The van der Waals surface area contributed by atoms with Crippen LogP contribution in [0.4, 0.5) is 0 Å². The molecule has 1 heterocycles. The van der Waals surface area contributed by atoms with Crippen molar-refractivity contribution in [3.8, 4) is 0 Å². The summed E-state index contributed by atoms with van der Waals surface area (Å²) in [4.78, 5) is 42.1. The number of nitrogens with two attached hydrogens (primary N) is 1. The molecule has 1 fully saturated rings. The molecule has 1 unspecified atom stereocenters. The predicted octanol–water partition coefficient (Wildman–Crippen LogP) is 2.61. The molecule has 9 heteroatoms. The van der Waals surface area contributed by atoms with Crippen molar-refractivity contribution in [2.24, 2.45) is 5.73 Å². The van der Waals surface area contributed by atoms with Crippen molar-refractivity contribution in [1.82, 2.24) is 15.1 Å². The lowest BCUT2D eigenvalue weighted by molar-refractivity contribution is -0.128. The van der Waals surface area contributed by atoms with Crippen molar-refractivity contribution in [3.05, 3.63) is 68.7 Å². The Morgan fingerprint density at radius 3 is 2.06 bits per heavy atom. The van der Waals surface area contributed by atoms with Crippen LogP contribution in [-0.4, -0.2) is 59.9 Å². The van der Waals surface area contributed by atoms with Crippen molar-refractivity contribution in [1.29, 1.82) is 0 Å². The highest BCUT2D eigenvalue weighted by molar-refractivity contribution is 6.42. The SMILES string of the molecule is Cc1ccc(C(=O)N2CCN(C(=O)c3ccc(Cl)c(Cl)c3)C2C(=O)NCCN)cc1C. The first-order chi connectivity index (χ1) is 14.7. The van der Waals surface area contributed by atoms with Crippen molar-refractivity contribution in [2.45, 2.75) is 20.0 Å². The molecule has 1 atom stereocenters. The number of rotatable bonds is 5. The van der Waals surface area contributed by atoms with Crippen LogP contribution in [0.5, 0.6) is 0 Å². The normalized spacial score (nSPS) is 15.8. The molecule has 0 spiro atoms. The van der Waals surface area contributed by atoms with Crippen molar-refractivity contribution in [3.63, 3.8) is 0 Å². The van der Waals surface area contributed by atoms with Crippen molar-refractivity contribution >= 4 is 40.9 Å². The van der Waals surface area contributed by atoms with Gasteiger partial charge in [-0.05, 0) is 55.3 Å². The van der Waals surface area contributed by atoms with E-state index < -0.39 is 18.0 Å². The molecule has 0 bridgehead atoms. The summed E-state index contributed by atoms with van der Waals surface area (Å²) in [6.07, 6.45) is -1.09. The lowest BCUT2D eigenvalue weighted by Gasteiger charge is -2.29. The Bertz CT molecular complexity index is 956. The highest BCUT2D eigenvalue weighted by Gasteiger charge is 2.43. The molecule has 3 rings (SSSR count). The summed E-state index contributed by atoms with van der Waals surface area (Å²) in [6.45, 7) is 4.78. The zero-order valence-electron chi connectivity index (χ0n) is 17.3. The van der Waals surface area contributed by atoms with E-state index in [0.29, 0.717) is 10.6 Å². The van der Waals surface area contributed by atoms with Gasteiger partial charge in [-0.15, -0.1) is 0 Å². The molecule has 1 aliphatic rings. The van der Waals surface area contributed by atoms with E-state index in [1.807, 2.05) is 19.9 Å². The number of carbonyl (C=O) groups excluding carboxylic acids is 3. The van der Waals surface area contributed by atoms with Gasteiger partial charge in [0.15, 0.2) is 6.17 Å². The zero-order valence-corrected chi connectivity index (χ0v) is 18.8. The summed E-state index contributed by atoms with van der Waals surface area (Å²) in [5.74, 6) is -1.20. The monoisotopic (exact) mass is 462 g/mol. The topological polar surface area (TPSA) is 95.7 Å². The van der Waals surface area contributed by atoms with Crippen LogP contribution >= 0.6 is 23.2 Å². The second kappa shape index (κ2) is 9.68. The number of amides is 3. The number of benzene rings is 2. The molecule has 1 aliphatic heterocycles. The second-order valence-corrected chi connectivity index (χ2v) is 8.19. The summed E-state index contributed by atoms with van der Waals surface area (Å²) in [5, 5.41) is 3.25. The Balaban J connectivity index is 1.93. The number of hydrogen-bond acceptors (Lipinski definition) is 4. The maximum absolute atomic E-state index is 13.2. The first-order valence-corrected chi connectivity index (χ1v) is 10.6. The molecular weight excluding hydrogens is 439 g/mol. The smallest absolute Gasteiger partial charge is 0.263 e. The largest absolute Gasteiger partial charge is 0.351 e. The average Bonchev–Trinajstić information content (AvgIpc) is 3.20. The second-order valence-electron chi connectivity index (χ2n) is 7.38. The Morgan fingerprint density at radius 1 is 0.935 bits per heavy atom. The highest BCUT2D eigenvalue weighted by Crippen LogP contribution is 2.26. The molecule has 2 aromatic rings. The van der Waals surface area contributed by atoms with E-state index in [-0.39, 0.29) is 42.7 Å². The number of aryl methyl sites for hydroxylation is 2. The molecule has 7 nitrogen and oxygen atoms in total. The van der Waals surface area contributed by atoms with Crippen LogP contribution in [0.15, 0.2) is 36.4 Å². The maximum Gasteiger partial charge on any atom is 0.263 e. The summed E-state index contributed by atoms with van der Waals surface area (Å²) < 4.78 is 0. The van der Waals surface area contributed by atoms with E-state index in [4.69, 9.17) is 28.9 Å². The van der Waals surface area contributed by atoms with Crippen molar-refractivity contribution < 1.29 is 14.4 Å². The number of halogens is 2. The molecular formula is C22H24Cl2N4O3. The van der Waals surface area contributed by atoms with Crippen LogP contribution in [0.1, 0.15) is 31.8 Å². The third-order valence-electron chi connectivity index (χ3n) is 5.29.